The maximum absolute atomic E-state index is 13.5. The van der Waals surface area contributed by atoms with E-state index in [-0.39, 0.29) is 17.6 Å². The molecule has 0 unspecified atom stereocenters. The van der Waals surface area contributed by atoms with Gasteiger partial charge in [0.2, 0.25) is 0 Å². The first-order valence-electron chi connectivity index (χ1n) is 14.6. The van der Waals surface area contributed by atoms with Gasteiger partial charge in [-0.2, -0.15) is 0 Å². The van der Waals surface area contributed by atoms with Crippen LogP contribution < -0.4 is 19.9 Å². The largest absolute Gasteiger partial charge is 0.449 e. The number of amides is 2. The van der Waals surface area contributed by atoms with Crippen LogP contribution in [0.5, 0.6) is 5.75 Å². The van der Waals surface area contributed by atoms with Gasteiger partial charge < -0.3 is 15.0 Å². The smallest absolute Gasteiger partial charge is 0.294 e. The average Bonchev–Trinajstić information content (AvgIpc) is 3.04. The number of fused-ring (bicyclic) bond motifs is 1. The van der Waals surface area contributed by atoms with Crippen molar-refractivity contribution in [3.8, 4) is 5.75 Å². The molecule has 0 radical (unpaired) electrons. The number of halogens is 2. The average molecular weight is 628 g/mol. The third-order valence-corrected chi connectivity index (χ3v) is 8.30. The molecule has 1 saturated heterocycles. The molecule has 4 aromatic carbocycles. The van der Waals surface area contributed by atoms with E-state index in [1.165, 1.54) is 0 Å². The molecule has 0 saturated carbocycles. The summed E-state index contributed by atoms with van der Waals surface area (Å²) < 4.78 is 6.02. The molecular formula is C35H32Cl2N4O3. The Morgan fingerprint density at radius 2 is 1.59 bits per heavy atom. The zero-order valence-electron chi connectivity index (χ0n) is 24.1. The maximum atomic E-state index is 13.5. The molecule has 2 aliphatic heterocycles. The Kier molecular flexibility index (Phi) is 9.17. The minimum absolute atomic E-state index is 0.130. The zero-order valence-corrected chi connectivity index (χ0v) is 25.6. The van der Waals surface area contributed by atoms with Crippen LogP contribution in [0.1, 0.15) is 21.5 Å². The van der Waals surface area contributed by atoms with Crippen molar-refractivity contribution < 1.29 is 14.3 Å². The van der Waals surface area contributed by atoms with Gasteiger partial charge in [-0.1, -0.05) is 65.7 Å². The Labute approximate surface area is 267 Å². The summed E-state index contributed by atoms with van der Waals surface area (Å²) in [6.45, 7) is 5.41. The number of piperazine rings is 1. The molecule has 1 N–H and O–H groups in total. The minimum Gasteiger partial charge on any atom is -0.449 e. The van der Waals surface area contributed by atoms with Crippen LogP contribution in [0.15, 0.2) is 103 Å². The lowest BCUT2D eigenvalue weighted by Gasteiger charge is -2.36. The molecule has 2 heterocycles. The number of carbonyl (C=O) groups is 2. The van der Waals surface area contributed by atoms with Gasteiger partial charge in [0, 0.05) is 60.6 Å². The maximum Gasteiger partial charge on any atom is 0.294 e. The summed E-state index contributed by atoms with van der Waals surface area (Å²) in [6, 6.07) is 30.0. The first-order valence-corrected chi connectivity index (χ1v) is 15.3. The monoisotopic (exact) mass is 626 g/mol. The third-order valence-electron chi connectivity index (χ3n) is 7.82. The van der Waals surface area contributed by atoms with Crippen molar-refractivity contribution >= 4 is 52.5 Å². The van der Waals surface area contributed by atoms with E-state index >= 15 is 0 Å². The number of hydrogen-bond donors (Lipinski definition) is 1. The highest BCUT2D eigenvalue weighted by molar-refractivity contribution is 6.31. The fourth-order valence-corrected chi connectivity index (χ4v) is 5.72. The lowest BCUT2D eigenvalue weighted by atomic mass is 10.1. The molecule has 2 amide bonds. The van der Waals surface area contributed by atoms with E-state index in [0.717, 1.165) is 54.6 Å². The number of para-hydroxylation sites is 2. The Bertz CT molecular complexity index is 1670. The Hall–Kier alpha value is -4.30. The predicted molar refractivity (Wildman–Crippen MR) is 177 cm³/mol. The molecule has 2 aliphatic rings. The molecular weight excluding hydrogens is 595 g/mol. The molecule has 224 valence electrons. The van der Waals surface area contributed by atoms with Crippen molar-refractivity contribution in [3.63, 3.8) is 0 Å². The van der Waals surface area contributed by atoms with Crippen molar-refractivity contribution in [3.05, 3.63) is 130 Å². The summed E-state index contributed by atoms with van der Waals surface area (Å²) in [6.07, 6.45) is 1.71. The molecule has 44 heavy (non-hydrogen) atoms. The van der Waals surface area contributed by atoms with E-state index in [4.69, 9.17) is 27.9 Å². The predicted octanol–water partition coefficient (Wildman–Crippen LogP) is 6.51. The van der Waals surface area contributed by atoms with Gasteiger partial charge in [0.1, 0.15) is 0 Å². The molecule has 4 aromatic rings. The van der Waals surface area contributed by atoms with Crippen molar-refractivity contribution in [1.82, 2.24) is 10.2 Å². The molecule has 9 heteroatoms. The number of carbonyl (C=O) groups excluding carboxylic acids is 2. The highest BCUT2D eigenvalue weighted by atomic mass is 35.5. The zero-order chi connectivity index (χ0) is 30.5. The van der Waals surface area contributed by atoms with Crippen molar-refractivity contribution in [1.29, 1.82) is 0 Å². The third kappa shape index (κ3) is 7.08. The van der Waals surface area contributed by atoms with Crippen LogP contribution in [0.3, 0.4) is 0 Å². The summed E-state index contributed by atoms with van der Waals surface area (Å²) in [4.78, 5) is 32.7. The molecule has 0 spiro atoms. The van der Waals surface area contributed by atoms with Gasteiger partial charge in [-0.3, -0.25) is 19.4 Å². The van der Waals surface area contributed by atoms with E-state index in [1.54, 1.807) is 23.1 Å². The van der Waals surface area contributed by atoms with Gasteiger partial charge in [0.05, 0.1) is 12.2 Å². The number of nitrogens with one attached hydrogen (secondary N) is 1. The fourth-order valence-electron chi connectivity index (χ4n) is 5.41. The second-order valence-electron chi connectivity index (χ2n) is 10.8. The molecule has 0 bridgehead atoms. The van der Waals surface area contributed by atoms with Crippen LogP contribution in [-0.4, -0.2) is 56.0 Å². The minimum atomic E-state index is -0.242. The lowest BCUT2D eigenvalue weighted by molar-refractivity contribution is -0.117. The standard InChI is InChI=1S/C35H32Cl2N4O3/c36-28-14-10-26(11-15-28)24-41-31-6-1-2-7-32(31)44-33(35(41)43)22-25-8-12-27(13-9-25)34(42)38-16-17-39-18-20-40(21-19-39)30-5-3-4-29(37)23-30/h1-15,22-23H,16-21,24H2,(H,38,42)/b33-22-. The summed E-state index contributed by atoms with van der Waals surface area (Å²) in [5, 5.41) is 4.42. The topological polar surface area (TPSA) is 65.1 Å². The highest BCUT2D eigenvalue weighted by Gasteiger charge is 2.30. The molecule has 0 aromatic heterocycles. The fraction of sp³-hybridized carbons (Fsp3) is 0.200. The second kappa shape index (κ2) is 13.6. The van der Waals surface area contributed by atoms with Crippen LogP contribution >= 0.6 is 23.2 Å². The molecule has 0 atom stereocenters. The normalized spacial score (nSPS) is 16.0. The Morgan fingerprint density at radius 1 is 0.841 bits per heavy atom. The van der Waals surface area contributed by atoms with Crippen LogP contribution in [0.25, 0.3) is 6.08 Å². The van der Waals surface area contributed by atoms with Gasteiger partial charge in [-0.25, -0.2) is 0 Å². The van der Waals surface area contributed by atoms with Gasteiger partial charge in [0.25, 0.3) is 11.8 Å². The van der Waals surface area contributed by atoms with Crippen molar-refractivity contribution in [2.45, 2.75) is 6.54 Å². The van der Waals surface area contributed by atoms with E-state index < -0.39 is 0 Å². The number of nitrogens with zero attached hydrogens (tertiary/aromatic N) is 3. The lowest BCUT2D eigenvalue weighted by Crippen LogP contribution is -2.48. The number of hydrogen-bond acceptors (Lipinski definition) is 5. The van der Waals surface area contributed by atoms with Crippen molar-refractivity contribution in [2.24, 2.45) is 0 Å². The summed E-state index contributed by atoms with van der Waals surface area (Å²) in [5.74, 6) is 0.447. The summed E-state index contributed by atoms with van der Waals surface area (Å²) in [7, 11) is 0. The Morgan fingerprint density at radius 3 is 2.34 bits per heavy atom. The molecule has 0 aliphatic carbocycles. The second-order valence-corrected chi connectivity index (χ2v) is 11.7. The van der Waals surface area contributed by atoms with Crippen LogP contribution in [0.2, 0.25) is 10.0 Å². The summed E-state index contributed by atoms with van der Waals surface area (Å²) >= 11 is 12.2. The van der Waals surface area contributed by atoms with Gasteiger partial charge in [0.15, 0.2) is 11.5 Å². The van der Waals surface area contributed by atoms with Gasteiger partial charge in [-0.15, -0.1) is 0 Å². The number of rotatable bonds is 8. The van der Waals surface area contributed by atoms with E-state index in [0.29, 0.717) is 35.1 Å². The number of anilines is 2. The first-order chi connectivity index (χ1) is 21.4. The first kappa shape index (κ1) is 29.8. The van der Waals surface area contributed by atoms with Crippen LogP contribution in [0.4, 0.5) is 11.4 Å². The van der Waals surface area contributed by atoms with E-state index in [9.17, 15) is 9.59 Å². The number of benzene rings is 4. The Balaban J connectivity index is 1.04. The van der Waals surface area contributed by atoms with Gasteiger partial charge in [-0.05, 0) is 71.8 Å². The van der Waals surface area contributed by atoms with Crippen LogP contribution in [0, 0.1) is 0 Å². The summed E-state index contributed by atoms with van der Waals surface area (Å²) in [5.41, 5.74) is 4.12. The highest BCUT2D eigenvalue weighted by Crippen LogP contribution is 2.36. The molecule has 7 nitrogen and oxygen atoms in total. The number of ether oxygens (including phenoxy) is 1. The SMILES string of the molecule is O=C(NCCN1CCN(c2cccc(Cl)c2)CC1)c1ccc(/C=C2\Oc3ccccc3N(Cc3ccc(Cl)cc3)C2=O)cc1. The van der Waals surface area contributed by atoms with Crippen LogP contribution in [-0.2, 0) is 11.3 Å². The quantitative estimate of drug-likeness (QED) is 0.226. The van der Waals surface area contributed by atoms with E-state index in [1.807, 2.05) is 78.9 Å². The molecule has 6 rings (SSSR count). The van der Waals surface area contributed by atoms with Gasteiger partial charge >= 0.3 is 0 Å². The van der Waals surface area contributed by atoms with Crippen molar-refractivity contribution in [2.75, 3.05) is 49.1 Å². The molecule has 1 fully saturated rings. The van der Waals surface area contributed by atoms with E-state index in [2.05, 4.69) is 21.2 Å².